The van der Waals surface area contributed by atoms with Crippen molar-refractivity contribution in [3.63, 3.8) is 0 Å². The van der Waals surface area contributed by atoms with E-state index in [9.17, 15) is 15.2 Å². The Bertz CT molecular complexity index is 395. The average Bonchev–Trinajstić information content (AvgIpc) is 2.37. The smallest absolute Gasteiger partial charge is 0.239 e. The fourth-order valence-electron chi connectivity index (χ4n) is 2.37. The summed E-state index contributed by atoms with van der Waals surface area (Å²) in [4.78, 5) is 10.6. The third-order valence-electron chi connectivity index (χ3n) is 3.43. The second kappa shape index (κ2) is 5.93. The number of rotatable bonds is 4. The second-order valence-electron chi connectivity index (χ2n) is 4.66. The molecule has 0 aromatic heterocycles. The minimum Gasteiger partial charge on any atom is -0.368 e. The van der Waals surface area contributed by atoms with E-state index in [0.717, 1.165) is 6.42 Å². The van der Waals surface area contributed by atoms with E-state index in [2.05, 4.69) is 0 Å². The van der Waals surface area contributed by atoms with Gasteiger partial charge in [0.2, 0.25) is 6.04 Å². The zero-order chi connectivity index (χ0) is 13.0. The van der Waals surface area contributed by atoms with E-state index < -0.39 is 12.3 Å². The quantitative estimate of drug-likeness (QED) is 0.652. The Hall–Kier alpha value is -1.46. The van der Waals surface area contributed by atoms with Gasteiger partial charge in [-0.25, -0.2) is 0 Å². The molecule has 1 aromatic carbocycles. The number of benzene rings is 1. The summed E-state index contributed by atoms with van der Waals surface area (Å²) in [5.41, 5.74) is 1.17. The van der Waals surface area contributed by atoms with Crippen LogP contribution in [0.4, 0.5) is 0 Å². The molecular formula is C13H17NO4. The Kier molecular flexibility index (Phi) is 4.28. The number of hydrogen-bond donors (Lipinski definition) is 1. The maximum atomic E-state index is 10.9. The number of aliphatic hydroxyl groups excluding tert-OH is 1. The molecule has 98 valence electrons. The van der Waals surface area contributed by atoms with Crippen LogP contribution in [-0.4, -0.2) is 29.0 Å². The molecule has 3 atom stereocenters. The molecule has 1 saturated heterocycles. The van der Waals surface area contributed by atoms with Crippen molar-refractivity contribution in [1.82, 2.24) is 0 Å². The fourth-order valence-corrected chi connectivity index (χ4v) is 2.37. The molecule has 1 heterocycles. The summed E-state index contributed by atoms with van der Waals surface area (Å²) in [7, 11) is 0. The van der Waals surface area contributed by atoms with E-state index >= 15 is 0 Å². The van der Waals surface area contributed by atoms with Gasteiger partial charge < -0.3 is 9.84 Å². The van der Waals surface area contributed by atoms with Crippen LogP contribution in [0.3, 0.4) is 0 Å². The summed E-state index contributed by atoms with van der Waals surface area (Å²) in [6.45, 7) is 0.00756. The normalized spacial score (nSPS) is 27.9. The predicted octanol–water partition coefficient (Wildman–Crippen LogP) is 1.62. The van der Waals surface area contributed by atoms with Gasteiger partial charge in [-0.3, -0.25) is 10.1 Å². The van der Waals surface area contributed by atoms with Gasteiger partial charge in [0.1, 0.15) is 6.61 Å². The van der Waals surface area contributed by atoms with Crippen LogP contribution in [0.25, 0.3) is 0 Å². The maximum Gasteiger partial charge on any atom is 0.239 e. The van der Waals surface area contributed by atoms with Crippen LogP contribution in [0.15, 0.2) is 30.3 Å². The Morgan fingerprint density at radius 1 is 1.39 bits per heavy atom. The van der Waals surface area contributed by atoms with Gasteiger partial charge in [0.05, 0.1) is 0 Å². The minimum absolute atomic E-state index is 0.00756. The molecule has 0 aliphatic carbocycles. The van der Waals surface area contributed by atoms with Crippen LogP contribution >= 0.6 is 0 Å². The first-order valence-corrected chi connectivity index (χ1v) is 6.14. The van der Waals surface area contributed by atoms with Crippen molar-refractivity contribution in [2.75, 3.05) is 6.61 Å². The molecule has 1 aliphatic rings. The monoisotopic (exact) mass is 251 g/mol. The summed E-state index contributed by atoms with van der Waals surface area (Å²) in [5.74, 6) is -0.121. The number of hydrogen-bond acceptors (Lipinski definition) is 4. The molecule has 0 radical (unpaired) electrons. The van der Waals surface area contributed by atoms with Crippen LogP contribution in [0.1, 0.15) is 18.4 Å². The van der Waals surface area contributed by atoms with Crippen molar-refractivity contribution >= 4 is 0 Å². The van der Waals surface area contributed by atoms with Gasteiger partial charge in [-0.2, -0.15) is 0 Å². The zero-order valence-corrected chi connectivity index (χ0v) is 10.1. The van der Waals surface area contributed by atoms with Crippen molar-refractivity contribution in [3.05, 3.63) is 46.0 Å². The van der Waals surface area contributed by atoms with Gasteiger partial charge in [-0.15, -0.1) is 0 Å². The first-order chi connectivity index (χ1) is 8.66. The molecule has 0 saturated carbocycles. The lowest BCUT2D eigenvalue weighted by Gasteiger charge is -2.28. The van der Waals surface area contributed by atoms with Gasteiger partial charge >= 0.3 is 0 Å². The summed E-state index contributed by atoms with van der Waals surface area (Å²) >= 11 is 0. The standard InChI is InChI=1S/C13H17NO4/c15-13-8-11(12(9-18-13)14(16)17)7-6-10-4-2-1-3-5-10/h1-5,11-13,15H,6-9H2. The Morgan fingerprint density at radius 3 is 2.78 bits per heavy atom. The maximum absolute atomic E-state index is 10.9. The first-order valence-electron chi connectivity index (χ1n) is 6.14. The van der Waals surface area contributed by atoms with Crippen molar-refractivity contribution in [2.45, 2.75) is 31.6 Å². The summed E-state index contributed by atoms with van der Waals surface area (Å²) in [6, 6.07) is 9.19. The molecule has 18 heavy (non-hydrogen) atoms. The molecule has 0 amide bonds. The lowest BCUT2D eigenvalue weighted by molar-refractivity contribution is -0.545. The highest BCUT2D eigenvalue weighted by atomic mass is 16.6. The summed E-state index contributed by atoms with van der Waals surface area (Å²) < 4.78 is 4.95. The van der Waals surface area contributed by atoms with E-state index in [1.165, 1.54) is 5.56 Å². The number of aryl methyl sites for hydroxylation is 1. The molecule has 2 rings (SSSR count). The molecule has 1 N–H and O–H groups in total. The number of nitro groups is 1. The van der Waals surface area contributed by atoms with Crippen LogP contribution < -0.4 is 0 Å². The van der Waals surface area contributed by atoms with Crippen LogP contribution in [-0.2, 0) is 11.2 Å². The van der Waals surface area contributed by atoms with Crippen LogP contribution in [0, 0.1) is 16.0 Å². The lowest BCUT2D eigenvalue weighted by Crippen LogP contribution is -2.42. The molecule has 3 unspecified atom stereocenters. The van der Waals surface area contributed by atoms with Crippen molar-refractivity contribution < 1.29 is 14.8 Å². The van der Waals surface area contributed by atoms with E-state index in [0.29, 0.717) is 12.8 Å². The van der Waals surface area contributed by atoms with Crippen molar-refractivity contribution in [1.29, 1.82) is 0 Å². The Balaban J connectivity index is 1.94. The zero-order valence-electron chi connectivity index (χ0n) is 10.1. The van der Waals surface area contributed by atoms with Crippen molar-refractivity contribution in [3.8, 4) is 0 Å². The number of ether oxygens (including phenoxy) is 1. The van der Waals surface area contributed by atoms with Gasteiger partial charge in [0.15, 0.2) is 6.29 Å². The molecule has 1 aromatic rings. The summed E-state index contributed by atoms with van der Waals surface area (Å²) in [6.07, 6.45) is 0.985. The SMILES string of the molecule is O=[N+]([O-])C1COC(O)CC1CCc1ccccc1. The fraction of sp³-hybridized carbons (Fsp3) is 0.538. The minimum atomic E-state index is -0.859. The Labute approximate surface area is 106 Å². The molecule has 1 fully saturated rings. The second-order valence-corrected chi connectivity index (χ2v) is 4.66. The molecule has 1 aliphatic heterocycles. The van der Waals surface area contributed by atoms with Crippen molar-refractivity contribution in [2.24, 2.45) is 5.92 Å². The molecule has 5 heteroatoms. The van der Waals surface area contributed by atoms with Crippen LogP contribution in [0.5, 0.6) is 0 Å². The van der Waals surface area contributed by atoms with Gasteiger partial charge in [0.25, 0.3) is 0 Å². The van der Waals surface area contributed by atoms with E-state index in [-0.39, 0.29) is 17.4 Å². The topological polar surface area (TPSA) is 72.6 Å². The highest BCUT2D eigenvalue weighted by Gasteiger charge is 2.37. The molecular weight excluding hydrogens is 234 g/mol. The van der Waals surface area contributed by atoms with E-state index in [1.54, 1.807) is 0 Å². The molecule has 5 nitrogen and oxygen atoms in total. The van der Waals surface area contributed by atoms with Crippen LogP contribution in [0.2, 0.25) is 0 Å². The predicted molar refractivity (Wildman–Crippen MR) is 65.6 cm³/mol. The van der Waals surface area contributed by atoms with E-state index in [1.807, 2.05) is 30.3 Å². The largest absolute Gasteiger partial charge is 0.368 e. The average molecular weight is 251 g/mol. The molecule has 0 bridgehead atoms. The first kappa shape index (κ1) is 13.0. The Morgan fingerprint density at radius 2 is 2.11 bits per heavy atom. The van der Waals surface area contributed by atoms with Gasteiger partial charge in [0, 0.05) is 17.3 Å². The van der Waals surface area contributed by atoms with Gasteiger partial charge in [-0.05, 0) is 18.4 Å². The molecule has 0 spiro atoms. The van der Waals surface area contributed by atoms with E-state index in [4.69, 9.17) is 4.74 Å². The third kappa shape index (κ3) is 3.27. The number of aliphatic hydroxyl groups is 1. The highest BCUT2D eigenvalue weighted by molar-refractivity contribution is 5.14. The highest BCUT2D eigenvalue weighted by Crippen LogP contribution is 2.26. The lowest BCUT2D eigenvalue weighted by atomic mass is 9.88. The summed E-state index contributed by atoms with van der Waals surface area (Å²) in [5, 5.41) is 20.4. The van der Waals surface area contributed by atoms with Gasteiger partial charge in [-0.1, -0.05) is 30.3 Å². The number of nitrogens with zero attached hydrogens (tertiary/aromatic N) is 1. The third-order valence-corrected chi connectivity index (χ3v) is 3.43.